The summed E-state index contributed by atoms with van der Waals surface area (Å²) in [6.45, 7) is 3.39. The number of rotatable bonds is 6. The summed E-state index contributed by atoms with van der Waals surface area (Å²) in [7, 11) is 0. The minimum absolute atomic E-state index is 0.0203. The molecule has 1 aliphatic heterocycles. The molecule has 1 saturated heterocycles. The number of benzene rings is 1. The van der Waals surface area contributed by atoms with Gasteiger partial charge in [-0.2, -0.15) is 4.98 Å². The minimum atomic E-state index is -0.670. The first kappa shape index (κ1) is 23.1. The van der Waals surface area contributed by atoms with Gasteiger partial charge in [0.25, 0.3) is 5.56 Å². The molecule has 0 aliphatic carbocycles. The van der Waals surface area contributed by atoms with Crippen molar-refractivity contribution in [2.24, 2.45) is 5.92 Å². The van der Waals surface area contributed by atoms with Crippen LogP contribution in [0.2, 0.25) is 5.02 Å². The van der Waals surface area contributed by atoms with Gasteiger partial charge in [0.15, 0.2) is 10.8 Å². The topological polar surface area (TPSA) is 109 Å². The molecule has 1 fully saturated rings. The smallest absolute Gasteiger partial charge is 0.273 e. The van der Waals surface area contributed by atoms with Crippen LogP contribution in [0.5, 0.6) is 0 Å². The Morgan fingerprint density at radius 2 is 2.18 bits per heavy atom. The van der Waals surface area contributed by atoms with Crippen molar-refractivity contribution in [3.8, 4) is 0 Å². The van der Waals surface area contributed by atoms with E-state index in [0.717, 1.165) is 30.0 Å². The van der Waals surface area contributed by atoms with E-state index in [0.29, 0.717) is 28.6 Å². The number of anilines is 2. The Kier molecular flexibility index (Phi) is 6.89. The molecule has 9 nitrogen and oxygen atoms in total. The van der Waals surface area contributed by atoms with E-state index >= 15 is 0 Å². The molecule has 0 bridgehead atoms. The maximum absolute atomic E-state index is 13.9. The molecular formula is C21H22ClFN6O3S. The number of hydrogen-bond acceptors (Lipinski definition) is 7. The number of thiazole rings is 1. The van der Waals surface area contributed by atoms with Gasteiger partial charge in [0.1, 0.15) is 23.4 Å². The Balaban J connectivity index is 1.50. The van der Waals surface area contributed by atoms with Crippen LogP contribution in [0.1, 0.15) is 19.8 Å². The van der Waals surface area contributed by atoms with Gasteiger partial charge in [-0.3, -0.25) is 19.0 Å². The molecule has 174 valence electrons. The average Bonchev–Trinajstić information content (AvgIpc) is 3.23. The first-order valence-corrected chi connectivity index (χ1v) is 11.7. The maximum Gasteiger partial charge on any atom is 0.273 e. The molecule has 2 aromatic heterocycles. The van der Waals surface area contributed by atoms with Crippen molar-refractivity contribution in [2.45, 2.75) is 26.3 Å². The Morgan fingerprint density at radius 1 is 1.36 bits per heavy atom. The summed E-state index contributed by atoms with van der Waals surface area (Å²) in [4.78, 5) is 48.2. The van der Waals surface area contributed by atoms with Gasteiger partial charge in [-0.05, 0) is 38.0 Å². The molecule has 3 aromatic rings. The van der Waals surface area contributed by atoms with Gasteiger partial charge in [-0.15, -0.1) is 0 Å². The summed E-state index contributed by atoms with van der Waals surface area (Å²) < 4.78 is 15.4. The molecule has 2 amide bonds. The van der Waals surface area contributed by atoms with E-state index in [4.69, 9.17) is 11.6 Å². The van der Waals surface area contributed by atoms with Gasteiger partial charge >= 0.3 is 0 Å². The Labute approximate surface area is 197 Å². The fraction of sp³-hybridized carbons (Fsp3) is 0.381. The lowest BCUT2D eigenvalue weighted by atomic mass is 9.97. The molecule has 12 heteroatoms. The highest BCUT2D eigenvalue weighted by Crippen LogP contribution is 2.29. The number of amides is 2. The van der Waals surface area contributed by atoms with Crippen molar-refractivity contribution in [1.82, 2.24) is 19.9 Å². The summed E-state index contributed by atoms with van der Waals surface area (Å²) in [6, 6.07) is 3.89. The number of hydrogen-bond donors (Lipinski definition) is 2. The predicted octanol–water partition coefficient (Wildman–Crippen LogP) is 2.64. The van der Waals surface area contributed by atoms with E-state index in [-0.39, 0.29) is 29.1 Å². The lowest BCUT2D eigenvalue weighted by Gasteiger charge is -2.31. The third-order valence-electron chi connectivity index (χ3n) is 5.31. The second kappa shape index (κ2) is 9.84. The zero-order valence-corrected chi connectivity index (χ0v) is 19.4. The van der Waals surface area contributed by atoms with E-state index < -0.39 is 17.3 Å². The second-order valence-corrected chi connectivity index (χ2v) is 9.09. The normalized spacial score (nSPS) is 16.1. The number of fused-ring (bicyclic) bond motifs is 1. The Bertz CT molecular complexity index is 1260. The molecule has 1 atom stereocenters. The minimum Gasteiger partial charge on any atom is -0.356 e. The van der Waals surface area contributed by atoms with Gasteiger partial charge in [0.2, 0.25) is 11.8 Å². The molecule has 2 N–H and O–H groups in total. The molecule has 1 aromatic carbocycles. The highest BCUT2D eigenvalue weighted by molar-refractivity contribution is 7.22. The van der Waals surface area contributed by atoms with Crippen LogP contribution in [0, 0.1) is 11.7 Å². The van der Waals surface area contributed by atoms with Gasteiger partial charge in [0.05, 0.1) is 11.6 Å². The Morgan fingerprint density at radius 3 is 2.94 bits per heavy atom. The zero-order valence-electron chi connectivity index (χ0n) is 17.8. The molecule has 4 rings (SSSR count). The van der Waals surface area contributed by atoms with Gasteiger partial charge in [-0.25, -0.2) is 9.37 Å². The highest BCUT2D eigenvalue weighted by Gasteiger charge is 2.27. The first-order valence-electron chi connectivity index (χ1n) is 10.5. The summed E-state index contributed by atoms with van der Waals surface area (Å²) in [5.74, 6) is -1.36. The van der Waals surface area contributed by atoms with E-state index in [2.05, 4.69) is 20.6 Å². The van der Waals surface area contributed by atoms with Gasteiger partial charge < -0.3 is 15.5 Å². The number of halogens is 2. The summed E-state index contributed by atoms with van der Waals surface area (Å²) in [6.07, 6.45) is 2.90. The van der Waals surface area contributed by atoms with E-state index in [9.17, 15) is 18.8 Å². The van der Waals surface area contributed by atoms with E-state index in [1.165, 1.54) is 29.8 Å². The van der Waals surface area contributed by atoms with Crippen LogP contribution in [0.15, 0.2) is 29.3 Å². The van der Waals surface area contributed by atoms with Crippen LogP contribution in [0.3, 0.4) is 0 Å². The zero-order chi connectivity index (χ0) is 23.5. The molecule has 0 radical (unpaired) electrons. The fourth-order valence-electron chi connectivity index (χ4n) is 3.70. The van der Waals surface area contributed by atoms with E-state index in [1.807, 2.05) is 11.8 Å². The molecule has 0 unspecified atom stereocenters. The summed E-state index contributed by atoms with van der Waals surface area (Å²) in [5, 5.41) is 6.11. The average molecular weight is 493 g/mol. The quantitative estimate of drug-likeness (QED) is 0.547. The second-order valence-electron chi connectivity index (χ2n) is 7.68. The van der Waals surface area contributed by atoms with Crippen molar-refractivity contribution in [3.63, 3.8) is 0 Å². The molecule has 3 heterocycles. The summed E-state index contributed by atoms with van der Waals surface area (Å²) in [5.41, 5.74) is -0.147. The van der Waals surface area contributed by atoms with Crippen molar-refractivity contribution < 1.29 is 14.0 Å². The van der Waals surface area contributed by atoms with Crippen LogP contribution < -0.4 is 21.1 Å². The maximum atomic E-state index is 13.9. The van der Waals surface area contributed by atoms with Crippen molar-refractivity contribution >= 4 is 55.9 Å². The highest BCUT2D eigenvalue weighted by atomic mass is 35.5. The first-order chi connectivity index (χ1) is 15.9. The van der Waals surface area contributed by atoms with Crippen LogP contribution in [-0.4, -0.2) is 46.0 Å². The van der Waals surface area contributed by atoms with Crippen LogP contribution in [-0.2, 0) is 16.1 Å². The van der Waals surface area contributed by atoms with Crippen molar-refractivity contribution in [3.05, 3.63) is 45.7 Å². The van der Waals surface area contributed by atoms with Crippen LogP contribution in [0.4, 0.5) is 15.2 Å². The SMILES string of the molecule is CCNC(=O)[C@@H]1CCCN(c2nc3ncn(CC(=O)Nc4ccc(Cl)cc4F)c(=O)c3s2)C1. The predicted molar refractivity (Wildman–Crippen MR) is 125 cm³/mol. The number of carbonyl (C=O) groups excluding carboxylic acids is 2. The third-order valence-corrected chi connectivity index (χ3v) is 6.63. The number of carbonyl (C=O) groups is 2. The third kappa shape index (κ3) is 5.14. The number of nitrogens with one attached hydrogen (secondary N) is 2. The molecule has 1 aliphatic rings. The van der Waals surface area contributed by atoms with Crippen molar-refractivity contribution in [1.29, 1.82) is 0 Å². The lowest BCUT2D eigenvalue weighted by Crippen LogP contribution is -2.43. The molecule has 0 spiro atoms. The van der Waals surface area contributed by atoms with Gasteiger partial charge in [0, 0.05) is 24.7 Å². The number of nitrogens with zero attached hydrogens (tertiary/aromatic N) is 4. The Hall–Kier alpha value is -3.05. The van der Waals surface area contributed by atoms with Crippen LogP contribution in [0.25, 0.3) is 10.3 Å². The fourth-order valence-corrected chi connectivity index (χ4v) is 4.86. The molecule has 0 saturated carbocycles. The molecular weight excluding hydrogens is 471 g/mol. The largest absolute Gasteiger partial charge is 0.356 e. The van der Waals surface area contributed by atoms with E-state index in [1.54, 1.807) is 0 Å². The summed E-state index contributed by atoms with van der Waals surface area (Å²) >= 11 is 6.91. The lowest BCUT2D eigenvalue weighted by molar-refractivity contribution is -0.125. The monoisotopic (exact) mass is 492 g/mol. The molecule has 33 heavy (non-hydrogen) atoms. The standard InChI is InChI=1S/C21H22ClFN6O3S/c1-2-24-19(31)12-4-3-7-28(9-12)21-27-18-17(33-21)20(32)29(11-25-18)10-16(30)26-15-6-5-13(22)8-14(15)23/h5-6,8,11-12H,2-4,7,9-10H2,1H3,(H,24,31)(H,26,30)/t12-/m1/s1. The number of aromatic nitrogens is 3. The number of piperidine rings is 1. The van der Waals surface area contributed by atoms with Gasteiger partial charge in [-0.1, -0.05) is 22.9 Å². The van der Waals surface area contributed by atoms with Crippen molar-refractivity contribution in [2.75, 3.05) is 29.9 Å². The van der Waals surface area contributed by atoms with Crippen LogP contribution >= 0.6 is 22.9 Å².